The highest BCUT2D eigenvalue weighted by Gasteiger charge is 2.21. The third-order valence-electron chi connectivity index (χ3n) is 4.32. The van der Waals surface area contributed by atoms with Crippen LogP contribution in [-0.4, -0.2) is 36.6 Å². The van der Waals surface area contributed by atoms with Crippen LogP contribution in [0.3, 0.4) is 0 Å². The van der Waals surface area contributed by atoms with E-state index in [0.29, 0.717) is 42.3 Å². The zero-order valence-electron chi connectivity index (χ0n) is 15.0. The standard InChI is InChI=1S/C20H22N2O4/c1-3-22(4-2)18(23)12-14-8-10-15(11-9-14)21-20(24)16-6-5-7-17-19(16)26-13-25-17/h5-11H,3-4,12-13H2,1-2H3,(H,21,24). The number of amides is 2. The summed E-state index contributed by atoms with van der Waals surface area (Å²) in [4.78, 5) is 26.5. The van der Waals surface area contributed by atoms with Crippen molar-refractivity contribution in [2.24, 2.45) is 0 Å². The maximum absolute atomic E-state index is 12.5. The molecular weight excluding hydrogens is 332 g/mol. The molecule has 0 atom stereocenters. The van der Waals surface area contributed by atoms with Crippen LogP contribution in [0, 0.1) is 0 Å². The third kappa shape index (κ3) is 3.79. The molecule has 0 radical (unpaired) electrons. The molecule has 136 valence electrons. The quantitative estimate of drug-likeness (QED) is 0.866. The van der Waals surface area contributed by atoms with Crippen LogP contribution in [0.15, 0.2) is 42.5 Å². The van der Waals surface area contributed by atoms with Crippen molar-refractivity contribution in [2.75, 3.05) is 25.2 Å². The normalized spacial score (nSPS) is 11.9. The molecule has 6 nitrogen and oxygen atoms in total. The second-order valence-corrected chi connectivity index (χ2v) is 5.93. The molecule has 2 aromatic rings. The van der Waals surface area contributed by atoms with Gasteiger partial charge in [-0.25, -0.2) is 0 Å². The van der Waals surface area contributed by atoms with Crippen molar-refractivity contribution in [2.45, 2.75) is 20.3 Å². The van der Waals surface area contributed by atoms with E-state index in [1.165, 1.54) is 0 Å². The number of likely N-dealkylation sites (N-methyl/N-ethyl adjacent to an activating group) is 1. The van der Waals surface area contributed by atoms with Crippen molar-refractivity contribution in [1.29, 1.82) is 0 Å². The molecule has 0 spiro atoms. The van der Waals surface area contributed by atoms with Crippen LogP contribution in [0.5, 0.6) is 11.5 Å². The average molecular weight is 354 g/mol. The highest BCUT2D eigenvalue weighted by molar-refractivity contribution is 6.06. The fourth-order valence-corrected chi connectivity index (χ4v) is 2.88. The van der Waals surface area contributed by atoms with E-state index in [4.69, 9.17) is 9.47 Å². The number of para-hydroxylation sites is 1. The van der Waals surface area contributed by atoms with Gasteiger partial charge in [-0.1, -0.05) is 18.2 Å². The van der Waals surface area contributed by atoms with Crippen molar-refractivity contribution in [1.82, 2.24) is 4.90 Å². The lowest BCUT2D eigenvalue weighted by Gasteiger charge is -2.18. The SMILES string of the molecule is CCN(CC)C(=O)Cc1ccc(NC(=O)c2cccc3c2OCO3)cc1. The lowest BCUT2D eigenvalue weighted by Crippen LogP contribution is -2.31. The summed E-state index contributed by atoms with van der Waals surface area (Å²) in [6, 6.07) is 12.5. The molecule has 0 bridgehead atoms. The van der Waals surface area contributed by atoms with Crippen molar-refractivity contribution in [3.63, 3.8) is 0 Å². The minimum Gasteiger partial charge on any atom is -0.454 e. The molecular formula is C20H22N2O4. The fourth-order valence-electron chi connectivity index (χ4n) is 2.88. The van der Waals surface area contributed by atoms with Gasteiger partial charge in [0, 0.05) is 18.8 Å². The van der Waals surface area contributed by atoms with Crippen LogP contribution < -0.4 is 14.8 Å². The topological polar surface area (TPSA) is 67.9 Å². The van der Waals surface area contributed by atoms with Crippen molar-refractivity contribution in [3.8, 4) is 11.5 Å². The number of hydrogen-bond acceptors (Lipinski definition) is 4. The van der Waals surface area contributed by atoms with Gasteiger partial charge in [-0.2, -0.15) is 0 Å². The number of fused-ring (bicyclic) bond motifs is 1. The first-order valence-electron chi connectivity index (χ1n) is 8.69. The van der Waals surface area contributed by atoms with Gasteiger partial charge in [-0.15, -0.1) is 0 Å². The highest BCUT2D eigenvalue weighted by Crippen LogP contribution is 2.35. The van der Waals surface area contributed by atoms with Crippen LogP contribution >= 0.6 is 0 Å². The second kappa shape index (κ2) is 7.91. The molecule has 6 heteroatoms. The van der Waals surface area contributed by atoms with Crippen LogP contribution in [-0.2, 0) is 11.2 Å². The molecule has 2 amide bonds. The molecule has 0 aromatic heterocycles. The Morgan fingerprint density at radius 3 is 2.46 bits per heavy atom. The van der Waals surface area contributed by atoms with Gasteiger partial charge in [0.05, 0.1) is 12.0 Å². The highest BCUT2D eigenvalue weighted by atomic mass is 16.7. The molecule has 0 fully saturated rings. The number of benzene rings is 2. The summed E-state index contributed by atoms with van der Waals surface area (Å²) in [6.07, 6.45) is 0.354. The van der Waals surface area contributed by atoms with Gasteiger partial charge in [-0.3, -0.25) is 9.59 Å². The zero-order chi connectivity index (χ0) is 18.5. The van der Waals surface area contributed by atoms with E-state index in [-0.39, 0.29) is 18.6 Å². The number of ether oxygens (including phenoxy) is 2. The van der Waals surface area contributed by atoms with E-state index in [2.05, 4.69) is 5.32 Å². The first kappa shape index (κ1) is 17.8. The smallest absolute Gasteiger partial charge is 0.259 e. The summed E-state index contributed by atoms with van der Waals surface area (Å²) in [5.41, 5.74) is 2.00. The summed E-state index contributed by atoms with van der Waals surface area (Å²) in [5, 5.41) is 2.84. The number of carbonyl (C=O) groups is 2. The van der Waals surface area contributed by atoms with Crippen LogP contribution in [0.4, 0.5) is 5.69 Å². The zero-order valence-corrected chi connectivity index (χ0v) is 15.0. The Hall–Kier alpha value is -3.02. The van der Waals surface area contributed by atoms with Crippen LogP contribution in [0.25, 0.3) is 0 Å². The predicted molar refractivity (Wildman–Crippen MR) is 98.6 cm³/mol. The van der Waals surface area contributed by atoms with E-state index in [0.717, 1.165) is 5.56 Å². The molecule has 3 rings (SSSR count). The lowest BCUT2D eigenvalue weighted by atomic mass is 10.1. The Balaban J connectivity index is 1.65. The maximum Gasteiger partial charge on any atom is 0.259 e. The summed E-state index contributed by atoms with van der Waals surface area (Å²) < 4.78 is 10.7. The van der Waals surface area contributed by atoms with E-state index >= 15 is 0 Å². The van der Waals surface area contributed by atoms with E-state index in [9.17, 15) is 9.59 Å². The Kier molecular flexibility index (Phi) is 5.41. The molecule has 2 aromatic carbocycles. The van der Waals surface area contributed by atoms with E-state index in [1.807, 2.05) is 26.0 Å². The Bertz CT molecular complexity index is 798. The van der Waals surface area contributed by atoms with E-state index < -0.39 is 0 Å². The maximum atomic E-state index is 12.5. The monoisotopic (exact) mass is 354 g/mol. The number of nitrogens with one attached hydrogen (secondary N) is 1. The van der Waals surface area contributed by atoms with Crippen LogP contribution in [0.1, 0.15) is 29.8 Å². The predicted octanol–water partition coefficient (Wildman–Crippen LogP) is 3.08. The third-order valence-corrected chi connectivity index (χ3v) is 4.32. The molecule has 0 aliphatic carbocycles. The van der Waals surface area contributed by atoms with Crippen molar-refractivity contribution < 1.29 is 19.1 Å². The summed E-state index contributed by atoms with van der Waals surface area (Å²) >= 11 is 0. The summed E-state index contributed by atoms with van der Waals surface area (Å²) in [6.45, 7) is 5.46. The van der Waals surface area contributed by atoms with Gasteiger partial charge in [0.2, 0.25) is 12.7 Å². The fraction of sp³-hybridized carbons (Fsp3) is 0.300. The minimum absolute atomic E-state index is 0.101. The number of anilines is 1. The molecule has 1 N–H and O–H groups in total. The minimum atomic E-state index is -0.265. The van der Waals surface area contributed by atoms with E-state index in [1.54, 1.807) is 35.2 Å². The van der Waals surface area contributed by atoms with Gasteiger partial charge >= 0.3 is 0 Å². The number of hydrogen-bond donors (Lipinski definition) is 1. The molecule has 1 aliphatic rings. The largest absolute Gasteiger partial charge is 0.454 e. The number of nitrogens with zero attached hydrogens (tertiary/aromatic N) is 1. The molecule has 1 heterocycles. The molecule has 1 aliphatic heterocycles. The first-order valence-corrected chi connectivity index (χ1v) is 8.69. The molecule has 0 unspecified atom stereocenters. The lowest BCUT2D eigenvalue weighted by molar-refractivity contribution is -0.130. The molecule has 0 saturated carbocycles. The Morgan fingerprint density at radius 1 is 1.04 bits per heavy atom. The summed E-state index contributed by atoms with van der Waals surface area (Å²) in [5.74, 6) is 0.873. The van der Waals surface area contributed by atoms with Crippen LogP contribution in [0.2, 0.25) is 0 Å². The first-order chi connectivity index (χ1) is 12.6. The van der Waals surface area contributed by atoms with Crippen molar-refractivity contribution >= 4 is 17.5 Å². The average Bonchev–Trinajstić information content (AvgIpc) is 3.13. The Labute approximate surface area is 152 Å². The van der Waals surface area contributed by atoms with Gasteiger partial charge in [0.25, 0.3) is 5.91 Å². The summed E-state index contributed by atoms with van der Waals surface area (Å²) in [7, 11) is 0. The second-order valence-electron chi connectivity index (χ2n) is 5.93. The Morgan fingerprint density at radius 2 is 1.77 bits per heavy atom. The number of rotatable bonds is 6. The van der Waals surface area contributed by atoms with Gasteiger partial charge in [0.15, 0.2) is 11.5 Å². The number of carbonyl (C=O) groups excluding carboxylic acids is 2. The van der Waals surface area contributed by atoms with Gasteiger partial charge in [0.1, 0.15) is 0 Å². The molecule has 0 saturated heterocycles. The van der Waals surface area contributed by atoms with Gasteiger partial charge in [-0.05, 0) is 43.7 Å². The van der Waals surface area contributed by atoms with Gasteiger partial charge < -0.3 is 19.7 Å². The molecule has 26 heavy (non-hydrogen) atoms. The van der Waals surface area contributed by atoms with Crippen molar-refractivity contribution in [3.05, 3.63) is 53.6 Å².